The predicted octanol–water partition coefficient (Wildman–Crippen LogP) is 2.89. The van der Waals surface area contributed by atoms with Crippen LogP contribution in [0.1, 0.15) is 30.9 Å². The highest BCUT2D eigenvalue weighted by Gasteiger charge is 2.11. The van der Waals surface area contributed by atoms with Crippen LogP contribution in [-0.4, -0.2) is 33.0 Å². The van der Waals surface area contributed by atoms with Crippen molar-refractivity contribution < 1.29 is 4.79 Å². The van der Waals surface area contributed by atoms with Crippen LogP contribution in [-0.2, 0) is 4.79 Å². The maximum atomic E-state index is 11.8. The lowest BCUT2D eigenvalue weighted by atomic mass is 10.1. The zero-order valence-electron chi connectivity index (χ0n) is 13.3. The second-order valence-corrected chi connectivity index (χ2v) is 6.21. The smallest absolute Gasteiger partial charge is 0.230 e. The minimum Gasteiger partial charge on any atom is -0.355 e. The Kier molecular flexibility index (Phi) is 6.00. The van der Waals surface area contributed by atoms with Gasteiger partial charge < -0.3 is 5.32 Å². The Bertz CT molecular complexity index is 639. The number of nitrogens with one attached hydrogen (secondary N) is 1. The molecule has 1 heterocycles. The molecule has 0 atom stereocenters. The van der Waals surface area contributed by atoms with Crippen LogP contribution in [0, 0.1) is 13.8 Å². The summed E-state index contributed by atoms with van der Waals surface area (Å²) in [6.07, 6.45) is 3.78. The van der Waals surface area contributed by atoms with Crippen LogP contribution in [0.5, 0.6) is 0 Å². The van der Waals surface area contributed by atoms with Crippen molar-refractivity contribution in [2.75, 3.05) is 12.3 Å². The van der Waals surface area contributed by atoms with Crippen LogP contribution < -0.4 is 5.32 Å². The summed E-state index contributed by atoms with van der Waals surface area (Å²) in [6.45, 7) is 6.97. The third kappa shape index (κ3) is 4.34. The van der Waals surface area contributed by atoms with E-state index in [1.165, 1.54) is 17.3 Å². The Balaban J connectivity index is 2.02. The molecule has 0 bridgehead atoms. The minimum absolute atomic E-state index is 0.0358. The van der Waals surface area contributed by atoms with E-state index in [4.69, 9.17) is 0 Å². The van der Waals surface area contributed by atoms with Gasteiger partial charge in [0.25, 0.3) is 0 Å². The number of amides is 1. The number of aryl methyl sites for hydroxylation is 2. The second kappa shape index (κ2) is 7.98. The predicted molar refractivity (Wildman–Crippen MR) is 89.5 cm³/mol. The summed E-state index contributed by atoms with van der Waals surface area (Å²) in [6, 6.07) is 6.24. The maximum absolute atomic E-state index is 11.8. The van der Waals surface area contributed by atoms with E-state index in [2.05, 4.69) is 54.5 Å². The van der Waals surface area contributed by atoms with E-state index in [9.17, 15) is 4.79 Å². The number of hydrogen-bond donors (Lipinski definition) is 1. The van der Waals surface area contributed by atoms with E-state index >= 15 is 0 Å². The van der Waals surface area contributed by atoms with E-state index in [0.29, 0.717) is 5.75 Å². The molecule has 0 radical (unpaired) electrons. The van der Waals surface area contributed by atoms with Crippen LogP contribution in [0.15, 0.2) is 29.7 Å². The molecule has 1 N–H and O–H groups in total. The minimum atomic E-state index is 0.0358. The monoisotopic (exact) mass is 318 g/mol. The van der Waals surface area contributed by atoms with Crippen molar-refractivity contribution in [3.05, 3.63) is 35.7 Å². The molecule has 2 rings (SSSR count). The van der Waals surface area contributed by atoms with Gasteiger partial charge >= 0.3 is 0 Å². The quantitative estimate of drug-likeness (QED) is 0.630. The molecule has 6 heteroatoms. The molecule has 0 fully saturated rings. The number of thioether (sulfide) groups is 1. The third-order valence-corrected chi connectivity index (χ3v) is 4.26. The molecule has 0 aliphatic heterocycles. The summed E-state index contributed by atoms with van der Waals surface area (Å²) in [5, 5.41) is 11.7. The first-order valence-corrected chi connectivity index (χ1v) is 8.47. The summed E-state index contributed by atoms with van der Waals surface area (Å²) in [5.41, 5.74) is 3.43. The molecule has 22 heavy (non-hydrogen) atoms. The van der Waals surface area contributed by atoms with Crippen LogP contribution in [0.2, 0.25) is 0 Å². The van der Waals surface area contributed by atoms with Crippen molar-refractivity contribution in [1.29, 1.82) is 0 Å². The summed E-state index contributed by atoms with van der Waals surface area (Å²) >= 11 is 1.40. The van der Waals surface area contributed by atoms with Crippen LogP contribution in [0.25, 0.3) is 5.69 Å². The fourth-order valence-corrected chi connectivity index (χ4v) is 2.90. The number of carbonyl (C=O) groups excluding carboxylic acids is 1. The highest BCUT2D eigenvalue weighted by atomic mass is 32.2. The van der Waals surface area contributed by atoms with Crippen LogP contribution >= 0.6 is 11.8 Å². The Morgan fingerprint density at radius 3 is 2.91 bits per heavy atom. The zero-order chi connectivity index (χ0) is 15.9. The van der Waals surface area contributed by atoms with E-state index < -0.39 is 0 Å². The Hall–Kier alpha value is -1.82. The fraction of sp³-hybridized carbons (Fsp3) is 0.438. The molecular formula is C16H22N4OS. The summed E-state index contributed by atoms with van der Waals surface area (Å²) in [7, 11) is 0. The van der Waals surface area contributed by atoms with Crippen molar-refractivity contribution in [1.82, 2.24) is 20.1 Å². The van der Waals surface area contributed by atoms with Crippen molar-refractivity contribution in [3.8, 4) is 5.69 Å². The second-order valence-electron chi connectivity index (χ2n) is 5.27. The van der Waals surface area contributed by atoms with Crippen molar-refractivity contribution in [2.45, 2.75) is 38.8 Å². The molecule has 0 aliphatic rings. The maximum Gasteiger partial charge on any atom is 0.230 e. The summed E-state index contributed by atoms with van der Waals surface area (Å²) < 4.78 is 1.93. The van der Waals surface area contributed by atoms with E-state index in [-0.39, 0.29) is 5.91 Å². The Labute approximate surface area is 135 Å². The standard InChI is InChI=1S/C16H22N4OS/c1-4-5-8-17-15(21)10-22-16-19-18-11-20(16)14-7-6-12(2)9-13(14)3/h6-7,9,11H,4-5,8,10H2,1-3H3,(H,17,21). The lowest BCUT2D eigenvalue weighted by Crippen LogP contribution is -2.26. The number of benzene rings is 1. The molecule has 0 saturated heterocycles. The molecule has 5 nitrogen and oxygen atoms in total. The van der Waals surface area contributed by atoms with Gasteiger partial charge in [-0.2, -0.15) is 0 Å². The summed E-state index contributed by atoms with van der Waals surface area (Å²) in [4.78, 5) is 11.8. The normalized spacial score (nSPS) is 10.7. The van der Waals surface area contributed by atoms with E-state index in [1.807, 2.05) is 4.57 Å². The number of rotatable bonds is 7. The van der Waals surface area contributed by atoms with Crippen LogP contribution in [0.4, 0.5) is 0 Å². The van der Waals surface area contributed by atoms with Gasteiger partial charge in [-0.15, -0.1) is 10.2 Å². The van der Waals surface area contributed by atoms with Gasteiger partial charge in [0.1, 0.15) is 6.33 Å². The number of aromatic nitrogens is 3. The highest BCUT2D eigenvalue weighted by Crippen LogP contribution is 2.22. The average molecular weight is 318 g/mol. The molecule has 2 aromatic rings. The van der Waals surface area contributed by atoms with Gasteiger partial charge in [-0.05, 0) is 31.9 Å². The summed E-state index contributed by atoms with van der Waals surface area (Å²) in [5.74, 6) is 0.390. The molecule has 1 aromatic heterocycles. The van der Waals surface area contributed by atoms with Crippen molar-refractivity contribution in [2.24, 2.45) is 0 Å². The van der Waals surface area contributed by atoms with E-state index in [0.717, 1.165) is 35.8 Å². The van der Waals surface area contributed by atoms with Gasteiger partial charge in [-0.25, -0.2) is 0 Å². The molecule has 1 amide bonds. The van der Waals surface area contributed by atoms with E-state index in [1.54, 1.807) is 6.33 Å². The van der Waals surface area contributed by atoms with Gasteiger partial charge in [0.2, 0.25) is 5.91 Å². The first kappa shape index (κ1) is 16.5. The highest BCUT2D eigenvalue weighted by molar-refractivity contribution is 7.99. The van der Waals surface area contributed by atoms with Gasteiger partial charge in [0, 0.05) is 6.54 Å². The molecule has 0 unspecified atom stereocenters. The molecule has 0 aliphatic carbocycles. The largest absolute Gasteiger partial charge is 0.355 e. The SMILES string of the molecule is CCCCNC(=O)CSc1nncn1-c1ccc(C)cc1C. The Morgan fingerprint density at radius 2 is 2.18 bits per heavy atom. The molecular weight excluding hydrogens is 296 g/mol. The molecule has 118 valence electrons. The average Bonchev–Trinajstić information content (AvgIpc) is 2.93. The topological polar surface area (TPSA) is 59.8 Å². The van der Waals surface area contributed by atoms with Gasteiger partial charge in [0.05, 0.1) is 11.4 Å². The van der Waals surface area contributed by atoms with Crippen molar-refractivity contribution >= 4 is 17.7 Å². The van der Waals surface area contributed by atoms with Gasteiger partial charge in [-0.3, -0.25) is 9.36 Å². The lowest BCUT2D eigenvalue weighted by molar-refractivity contribution is -0.118. The number of unbranched alkanes of at least 4 members (excludes halogenated alkanes) is 1. The van der Waals surface area contributed by atoms with Crippen molar-refractivity contribution in [3.63, 3.8) is 0 Å². The lowest BCUT2D eigenvalue weighted by Gasteiger charge is -2.10. The fourth-order valence-electron chi connectivity index (χ4n) is 2.15. The van der Waals surface area contributed by atoms with Gasteiger partial charge in [0.15, 0.2) is 5.16 Å². The zero-order valence-corrected chi connectivity index (χ0v) is 14.1. The number of hydrogen-bond acceptors (Lipinski definition) is 4. The first-order chi connectivity index (χ1) is 10.6. The van der Waals surface area contributed by atoms with Gasteiger partial charge in [-0.1, -0.05) is 42.8 Å². The molecule has 0 spiro atoms. The van der Waals surface area contributed by atoms with Crippen LogP contribution in [0.3, 0.4) is 0 Å². The molecule has 1 aromatic carbocycles. The number of nitrogens with zero attached hydrogens (tertiary/aromatic N) is 3. The Morgan fingerprint density at radius 1 is 1.36 bits per heavy atom. The number of carbonyl (C=O) groups is 1. The third-order valence-electron chi connectivity index (χ3n) is 3.31. The molecule has 0 saturated carbocycles. The first-order valence-electron chi connectivity index (χ1n) is 7.49.